The molecule has 2 rings (SSSR count). The first-order valence-electron chi connectivity index (χ1n) is 6.67. The van der Waals surface area contributed by atoms with E-state index >= 15 is 0 Å². The lowest BCUT2D eigenvalue weighted by atomic mass is 9.96. The van der Waals surface area contributed by atoms with Crippen LogP contribution in [-0.4, -0.2) is 43.5 Å². The predicted molar refractivity (Wildman–Crippen MR) is 73.4 cm³/mol. The molecule has 0 aromatic heterocycles. The Bertz CT molecular complexity index is 371. The third-order valence-corrected chi connectivity index (χ3v) is 3.63. The van der Waals surface area contributed by atoms with E-state index in [0.29, 0.717) is 0 Å². The molecule has 1 aromatic rings. The van der Waals surface area contributed by atoms with Crippen LogP contribution in [0.4, 0.5) is 0 Å². The maximum Gasteiger partial charge on any atom is 0.0237 e. The minimum atomic E-state index is 1.14. The summed E-state index contributed by atoms with van der Waals surface area (Å²) in [6.45, 7) is 6.92. The number of rotatable bonds is 4. The summed E-state index contributed by atoms with van der Waals surface area (Å²) in [7, 11) is 4.29. The predicted octanol–water partition coefficient (Wildman–Crippen LogP) is 2.17. The zero-order valence-electron chi connectivity index (χ0n) is 11.4. The summed E-state index contributed by atoms with van der Waals surface area (Å²) < 4.78 is 0. The molecular formula is C15H24N2. The molecule has 0 aliphatic carbocycles. The lowest BCUT2D eigenvalue weighted by Gasteiger charge is -2.30. The maximum absolute atomic E-state index is 2.57. The van der Waals surface area contributed by atoms with Gasteiger partial charge < -0.3 is 4.90 Å². The lowest BCUT2D eigenvalue weighted by molar-refractivity contribution is 0.225. The molecule has 0 spiro atoms. The molecule has 0 bridgehead atoms. The molecule has 0 amide bonds. The molecule has 0 saturated carbocycles. The van der Waals surface area contributed by atoms with Gasteiger partial charge in [0.25, 0.3) is 0 Å². The standard InChI is InChI=1S/C15H24N2/c1-4-13-5-6-14-7-8-17(10-9-16(2)3)12-15(14)11-13/h5-6,11H,4,7-10,12H2,1-3H3. The van der Waals surface area contributed by atoms with E-state index in [2.05, 4.69) is 49.0 Å². The summed E-state index contributed by atoms with van der Waals surface area (Å²) in [6.07, 6.45) is 2.36. The molecule has 0 fully saturated rings. The van der Waals surface area contributed by atoms with Crippen molar-refractivity contribution in [3.05, 3.63) is 34.9 Å². The molecule has 0 saturated heterocycles. The Kier molecular flexibility index (Phi) is 4.19. The summed E-state index contributed by atoms with van der Waals surface area (Å²) in [5, 5.41) is 0. The van der Waals surface area contributed by atoms with Gasteiger partial charge in [0.1, 0.15) is 0 Å². The van der Waals surface area contributed by atoms with Crippen LogP contribution in [0.2, 0.25) is 0 Å². The molecule has 94 valence electrons. The SMILES string of the molecule is CCc1ccc2c(c1)CN(CCN(C)C)CC2. The van der Waals surface area contributed by atoms with E-state index in [1.807, 2.05) is 0 Å². The first kappa shape index (κ1) is 12.6. The normalized spacial score (nSPS) is 16.2. The Morgan fingerprint density at radius 1 is 1.24 bits per heavy atom. The molecule has 2 heteroatoms. The molecule has 2 nitrogen and oxygen atoms in total. The number of likely N-dealkylation sites (N-methyl/N-ethyl adjacent to an activating group) is 1. The number of hydrogen-bond acceptors (Lipinski definition) is 2. The van der Waals surface area contributed by atoms with Crippen molar-refractivity contribution in [1.29, 1.82) is 0 Å². The molecule has 1 aliphatic rings. The van der Waals surface area contributed by atoms with Gasteiger partial charge in [0, 0.05) is 26.2 Å². The Hall–Kier alpha value is -0.860. The zero-order valence-corrected chi connectivity index (χ0v) is 11.4. The number of aryl methyl sites for hydroxylation is 1. The van der Waals surface area contributed by atoms with Crippen LogP contribution in [-0.2, 0) is 19.4 Å². The highest BCUT2D eigenvalue weighted by atomic mass is 15.2. The van der Waals surface area contributed by atoms with E-state index < -0.39 is 0 Å². The van der Waals surface area contributed by atoms with Crippen molar-refractivity contribution in [3.63, 3.8) is 0 Å². The first-order chi connectivity index (χ1) is 8.19. The second kappa shape index (κ2) is 5.65. The van der Waals surface area contributed by atoms with E-state index in [1.165, 1.54) is 25.1 Å². The summed E-state index contributed by atoms with van der Waals surface area (Å²) in [5.74, 6) is 0. The number of hydrogen-bond donors (Lipinski definition) is 0. The third-order valence-electron chi connectivity index (χ3n) is 3.63. The van der Waals surface area contributed by atoms with Crippen molar-refractivity contribution in [2.75, 3.05) is 33.7 Å². The van der Waals surface area contributed by atoms with Crippen molar-refractivity contribution in [2.24, 2.45) is 0 Å². The number of fused-ring (bicyclic) bond motifs is 1. The lowest BCUT2D eigenvalue weighted by Crippen LogP contribution is -2.35. The minimum absolute atomic E-state index is 1.14. The van der Waals surface area contributed by atoms with Crippen molar-refractivity contribution >= 4 is 0 Å². The maximum atomic E-state index is 2.57. The Morgan fingerprint density at radius 2 is 2.06 bits per heavy atom. The van der Waals surface area contributed by atoms with Gasteiger partial charge in [-0.25, -0.2) is 0 Å². The summed E-state index contributed by atoms with van der Waals surface area (Å²) in [6, 6.07) is 7.02. The second-order valence-corrected chi connectivity index (χ2v) is 5.29. The Morgan fingerprint density at radius 3 is 2.76 bits per heavy atom. The fraction of sp³-hybridized carbons (Fsp3) is 0.600. The van der Waals surface area contributed by atoms with Gasteiger partial charge in [-0.1, -0.05) is 25.1 Å². The Labute approximate surface area is 105 Å². The molecule has 0 unspecified atom stereocenters. The monoisotopic (exact) mass is 232 g/mol. The van der Waals surface area contributed by atoms with E-state index in [1.54, 1.807) is 11.1 Å². The molecule has 1 aromatic carbocycles. The zero-order chi connectivity index (χ0) is 12.3. The van der Waals surface area contributed by atoms with Crippen LogP contribution >= 0.6 is 0 Å². The van der Waals surface area contributed by atoms with Gasteiger partial charge in [0.2, 0.25) is 0 Å². The topological polar surface area (TPSA) is 6.48 Å². The fourth-order valence-electron chi connectivity index (χ4n) is 2.42. The van der Waals surface area contributed by atoms with Crippen LogP contribution in [0.1, 0.15) is 23.6 Å². The average molecular weight is 232 g/mol. The molecular weight excluding hydrogens is 208 g/mol. The molecule has 1 aliphatic heterocycles. The van der Waals surface area contributed by atoms with Crippen LogP contribution in [0.15, 0.2) is 18.2 Å². The van der Waals surface area contributed by atoms with Crippen LogP contribution in [0.25, 0.3) is 0 Å². The van der Waals surface area contributed by atoms with Gasteiger partial charge in [-0.2, -0.15) is 0 Å². The average Bonchev–Trinajstić information content (AvgIpc) is 2.35. The van der Waals surface area contributed by atoms with Gasteiger partial charge in [-0.3, -0.25) is 4.90 Å². The number of benzene rings is 1. The van der Waals surface area contributed by atoms with Crippen molar-refractivity contribution in [2.45, 2.75) is 26.3 Å². The minimum Gasteiger partial charge on any atom is -0.308 e. The molecule has 0 N–H and O–H groups in total. The van der Waals surface area contributed by atoms with Crippen LogP contribution in [0.5, 0.6) is 0 Å². The largest absolute Gasteiger partial charge is 0.308 e. The second-order valence-electron chi connectivity index (χ2n) is 5.29. The highest BCUT2D eigenvalue weighted by molar-refractivity contribution is 5.33. The first-order valence-corrected chi connectivity index (χ1v) is 6.67. The van der Waals surface area contributed by atoms with Gasteiger partial charge in [0.15, 0.2) is 0 Å². The molecule has 1 heterocycles. The number of nitrogens with zero attached hydrogens (tertiary/aromatic N) is 2. The smallest absolute Gasteiger partial charge is 0.0237 e. The van der Waals surface area contributed by atoms with E-state index in [-0.39, 0.29) is 0 Å². The van der Waals surface area contributed by atoms with Gasteiger partial charge in [0.05, 0.1) is 0 Å². The van der Waals surface area contributed by atoms with Crippen molar-refractivity contribution < 1.29 is 0 Å². The van der Waals surface area contributed by atoms with Crippen LogP contribution in [0.3, 0.4) is 0 Å². The highest BCUT2D eigenvalue weighted by Crippen LogP contribution is 2.20. The summed E-state index contributed by atoms with van der Waals surface area (Å²) >= 11 is 0. The fourth-order valence-corrected chi connectivity index (χ4v) is 2.42. The summed E-state index contributed by atoms with van der Waals surface area (Å²) in [5.41, 5.74) is 4.58. The van der Waals surface area contributed by atoms with E-state index in [0.717, 1.165) is 19.5 Å². The Balaban J connectivity index is 2.01. The quantitative estimate of drug-likeness (QED) is 0.785. The molecule has 0 atom stereocenters. The van der Waals surface area contributed by atoms with Crippen LogP contribution in [0, 0.1) is 0 Å². The summed E-state index contributed by atoms with van der Waals surface area (Å²) in [4.78, 5) is 4.83. The van der Waals surface area contributed by atoms with Crippen molar-refractivity contribution in [3.8, 4) is 0 Å². The van der Waals surface area contributed by atoms with E-state index in [4.69, 9.17) is 0 Å². The van der Waals surface area contributed by atoms with Gasteiger partial charge in [-0.05, 0) is 43.6 Å². The molecule has 17 heavy (non-hydrogen) atoms. The van der Waals surface area contributed by atoms with Gasteiger partial charge >= 0.3 is 0 Å². The van der Waals surface area contributed by atoms with E-state index in [9.17, 15) is 0 Å². The molecule has 0 radical (unpaired) electrons. The van der Waals surface area contributed by atoms with Crippen molar-refractivity contribution in [1.82, 2.24) is 9.80 Å². The third kappa shape index (κ3) is 3.30. The van der Waals surface area contributed by atoms with Gasteiger partial charge in [-0.15, -0.1) is 0 Å². The van der Waals surface area contributed by atoms with Crippen LogP contribution < -0.4 is 0 Å². The highest BCUT2D eigenvalue weighted by Gasteiger charge is 2.15.